The van der Waals surface area contributed by atoms with Crippen molar-refractivity contribution in [2.24, 2.45) is 0 Å². The molecule has 352 valence electrons. The first-order valence-corrected chi connectivity index (χ1v) is 19.2. The van der Waals surface area contributed by atoms with Crippen molar-refractivity contribution in [3.05, 3.63) is 139 Å². The predicted octanol–water partition coefficient (Wildman–Crippen LogP) is 8.75. The van der Waals surface area contributed by atoms with Crippen LogP contribution in [-0.4, -0.2) is 55.9 Å². The molecule has 22 heteroatoms. The number of hydrogen-bond donors (Lipinski definition) is 4. The molecule has 0 spiro atoms. The highest BCUT2D eigenvalue weighted by atomic mass is 19.4. The fraction of sp³-hybridized carbons (Fsp3) is 0.318. The number of hydrogen-bond acceptors (Lipinski definition) is 10. The van der Waals surface area contributed by atoms with Crippen molar-refractivity contribution in [1.82, 2.24) is 10.3 Å². The van der Waals surface area contributed by atoms with E-state index in [0.29, 0.717) is 6.07 Å². The third-order valence-electron chi connectivity index (χ3n) is 10.7. The van der Waals surface area contributed by atoms with E-state index in [1.807, 2.05) is 10.6 Å². The van der Waals surface area contributed by atoms with Crippen molar-refractivity contribution in [3.8, 4) is 0 Å². The van der Waals surface area contributed by atoms with Crippen LogP contribution in [0.4, 0.5) is 55.3 Å². The molecule has 0 saturated carbocycles. The molecule has 2 atom stereocenters. The first-order valence-electron chi connectivity index (χ1n) is 19.2. The fourth-order valence-electron chi connectivity index (χ4n) is 7.33. The van der Waals surface area contributed by atoms with Crippen molar-refractivity contribution < 1.29 is 72.8 Å². The lowest BCUT2D eigenvalue weighted by Crippen LogP contribution is -2.57. The minimum Gasteiger partial charge on any atom is -0.373 e. The van der Waals surface area contributed by atoms with Gasteiger partial charge in [-0.05, 0) is 97.0 Å². The van der Waals surface area contributed by atoms with E-state index in [9.17, 15) is 73.3 Å². The van der Waals surface area contributed by atoms with Crippen LogP contribution in [0.25, 0.3) is 21.5 Å². The lowest BCUT2D eigenvalue weighted by molar-refractivity contribution is -0.255. The maximum absolute atomic E-state index is 14.2. The zero-order chi connectivity index (χ0) is 49.5. The van der Waals surface area contributed by atoms with Gasteiger partial charge >= 0.3 is 23.6 Å². The van der Waals surface area contributed by atoms with Gasteiger partial charge in [-0.15, -0.1) is 0 Å². The van der Waals surface area contributed by atoms with E-state index in [2.05, 4.69) is 19.4 Å². The van der Waals surface area contributed by atoms with Crippen LogP contribution in [-0.2, 0) is 20.4 Å². The molecule has 0 radical (unpaired) electrons. The van der Waals surface area contributed by atoms with Gasteiger partial charge in [-0.25, -0.2) is 27.2 Å². The fourth-order valence-corrected chi connectivity index (χ4v) is 7.33. The Bertz CT molecular complexity index is 2950. The number of fused-ring (bicyclic) bond motifs is 2. The first kappa shape index (κ1) is 50.3. The molecule has 2 aromatic heterocycles. The minimum absolute atomic E-state index is 0.0859. The molecule has 0 aliphatic rings. The van der Waals surface area contributed by atoms with Crippen molar-refractivity contribution in [3.63, 3.8) is 0 Å². The van der Waals surface area contributed by atoms with Crippen molar-refractivity contribution >= 4 is 44.7 Å². The van der Waals surface area contributed by atoms with Crippen molar-refractivity contribution in [2.75, 3.05) is 10.6 Å². The maximum Gasteiger partial charge on any atom is 0.426 e. The summed E-state index contributed by atoms with van der Waals surface area (Å²) in [5.74, 6) is -7.77. The number of anilines is 2. The number of aryl methyl sites for hydroxylation is 2. The zero-order valence-corrected chi connectivity index (χ0v) is 35.4. The third-order valence-corrected chi connectivity index (χ3v) is 10.7. The second kappa shape index (κ2) is 17.9. The number of carbonyl (C=O) groups excluding carboxylic acids is 2. The van der Waals surface area contributed by atoms with Gasteiger partial charge in [0.25, 0.3) is 11.8 Å². The molecule has 0 aliphatic carbocycles. The van der Waals surface area contributed by atoms with Gasteiger partial charge in [0, 0.05) is 40.6 Å². The summed E-state index contributed by atoms with van der Waals surface area (Å²) < 4.78 is 149. The smallest absolute Gasteiger partial charge is 0.373 e. The lowest BCUT2D eigenvalue weighted by atomic mass is 9.74. The van der Waals surface area contributed by atoms with E-state index in [0.717, 1.165) is 70.2 Å². The van der Waals surface area contributed by atoms with Crippen LogP contribution in [0.2, 0.25) is 0 Å². The van der Waals surface area contributed by atoms with Crippen LogP contribution in [0.1, 0.15) is 63.1 Å². The summed E-state index contributed by atoms with van der Waals surface area (Å²) in [4.78, 5) is 48.8. The molecule has 66 heavy (non-hydrogen) atoms. The first-order chi connectivity index (χ1) is 30.3. The monoisotopic (exact) mass is 940 g/mol. The van der Waals surface area contributed by atoms with Gasteiger partial charge in [0.2, 0.25) is 11.2 Å². The molecule has 0 fully saturated rings. The summed E-state index contributed by atoms with van der Waals surface area (Å²) in [6, 6.07) is 12.2. The number of alkyl halides is 6. The molecule has 0 bridgehead atoms. The Labute approximate surface area is 366 Å². The summed E-state index contributed by atoms with van der Waals surface area (Å²) in [6.45, 7) is 7.44. The number of nitrogens with zero attached hydrogens (tertiary/aromatic N) is 2. The van der Waals surface area contributed by atoms with Crippen LogP contribution in [0.3, 0.4) is 0 Å². The molecule has 4 aromatic carbocycles. The molecule has 0 saturated heterocycles. The second-order valence-electron chi connectivity index (χ2n) is 16.6. The zero-order valence-electron chi connectivity index (χ0n) is 35.4. The number of aromatic nitrogens is 2. The highest BCUT2D eigenvalue weighted by molar-refractivity contribution is 6.01. The van der Waals surface area contributed by atoms with E-state index in [1.165, 1.54) is 38.1 Å². The molecule has 6 rings (SSSR count). The Balaban J connectivity index is 0.000000247. The van der Waals surface area contributed by atoms with Gasteiger partial charge < -0.3 is 29.9 Å². The van der Waals surface area contributed by atoms with Gasteiger partial charge in [-0.3, -0.25) is 9.59 Å². The second-order valence-corrected chi connectivity index (χ2v) is 16.6. The van der Waals surface area contributed by atoms with E-state index < -0.39 is 105 Å². The Morgan fingerprint density at radius 1 is 0.576 bits per heavy atom. The van der Waals surface area contributed by atoms with Crippen LogP contribution in [0, 0.1) is 37.1 Å². The van der Waals surface area contributed by atoms with Crippen molar-refractivity contribution in [1.29, 1.82) is 0 Å². The molecule has 0 aliphatic heterocycles. The summed E-state index contributed by atoms with van der Waals surface area (Å²) in [5.41, 5.74) is -14.2. The number of halogens is 10. The lowest BCUT2D eigenvalue weighted by Gasteiger charge is -2.36. The third kappa shape index (κ3) is 10.1. The van der Waals surface area contributed by atoms with Gasteiger partial charge in [0.05, 0.1) is 22.2 Å². The van der Waals surface area contributed by atoms with E-state index >= 15 is 0 Å². The molecule has 4 N–H and O–H groups in total. The standard InChI is InChI=1S/2C22H19F5N2O4/c1-11-15-9-13(5-6-14(15)18(30)33-29-11)28-19(31)21(32,22(25,26)27)10-20(2,3)16-8-12(23)4-7-17(16)24;1-11-14-9-12(7-8-13(14)18(30)33-29-11)28-19(31)21(32,22(25,26)27)10-20(2,3)17-15(23)5-4-6-16(17)24/h2*4-9,32H,10H2,1-3H3,(H,28,31). The number of rotatable bonds is 10. The van der Waals surface area contributed by atoms with E-state index in [-0.39, 0.29) is 44.3 Å². The SMILES string of the molecule is Cc1noc(=O)c2ccc(NC(=O)C(O)(CC(C)(C)c3c(F)cccc3F)C(F)(F)F)cc12.Cc1noc(=O)c2ccc(NC(=O)C(O)(CC(C)(C)c3cc(F)ccc3F)C(F)(F)F)cc12. The normalized spacial score (nSPS) is 14.2. The number of carbonyl (C=O) groups is 2. The maximum atomic E-state index is 14.2. The van der Waals surface area contributed by atoms with Crippen LogP contribution in [0.5, 0.6) is 0 Å². The molecular weight excluding hydrogens is 902 g/mol. The van der Waals surface area contributed by atoms with Crippen molar-refractivity contribution in [2.45, 2.75) is 88.8 Å². The molecule has 2 amide bonds. The highest BCUT2D eigenvalue weighted by Gasteiger charge is 2.63. The number of nitrogens with one attached hydrogen (secondary N) is 2. The largest absolute Gasteiger partial charge is 0.426 e. The average molecular weight is 941 g/mol. The Hall–Kier alpha value is -6.68. The van der Waals surface area contributed by atoms with E-state index in [1.54, 1.807) is 0 Å². The molecule has 6 aromatic rings. The summed E-state index contributed by atoms with van der Waals surface area (Å²) in [6.07, 6.45) is -13.6. The van der Waals surface area contributed by atoms with Gasteiger partial charge in [0.1, 0.15) is 23.3 Å². The molecule has 12 nitrogen and oxygen atoms in total. The number of benzene rings is 4. The predicted molar refractivity (Wildman–Crippen MR) is 217 cm³/mol. The summed E-state index contributed by atoms with van der Waals surface area (Å²) in [5, 5.41) is 32.6. The summed E-state index contributed by atoms with van der Waals surface area (Å²) in [7, 11) is 0. The average Bonchev–Trinajstić information content (AvgIpc) is 3.20. The highest BCUT2D eigenvalue weighted by Crippen LogP contribution is 2.45. The Morgan fingerprint density at radius 2 is 0.985 bits per heavy atom. The summed E-state index contributed by atoms with van der Waals surface area (Å²) >= 11 is 0. The number of aliphatic hydroxyl groups is 2. The van der Waals surface area contributed by atoms with E-state index in [4.69, 9.17) is 0 Å². The number of amides is 2. The minimum atomic E-state index is -5.48. The van der Waals surface area contributed by atoms with Crippen LogP contribution < -0.4 is 21.9 Å². The topological polar surface area (TPSA) is 185 Å². The van der Waals surface area contributed by atoms with Crippen LogP contribution in [0.15, 0.2) is 91.4 Å². The molecule has 2 unspecified atom stereocenters. The Morgan fingerprint density at radius 3 is 1.39 bits per heavy atom. The quantitative estimate of drug-likeness (QED) is 0.0969. The van der Waals surface area contributed by atoms with Gasteiger partial charge in [0.15, 0.2) is 0 Å². The Kier molecular flexibility index (Phi) is 13.7. The van der Waals surface area contributed by atoms with Gasteiger partial charge in [-0.1, -0.05) is 44.1 Å². The molecular formula is C44H38F10N4O8. The molecule has 2 heterocycles. The van der Waals surface area contributed by atoms with Crippen LogP contribution >= 0.6 is 0 Å². The van der Waals surface area contributed by atoms with Gasteiger partial charge in [-0.2, -0.15) is 26.3 Å².